The van der Waals surface area contributed by atoms with Gasteiger partial charge in [-0.05, 0) is 69.4 Å². The molecule has 0 radical (unpaired) electrons. The number of rotatable bonds is 12. The predicted octanol–water partition coefficient (Wildman–Crippen LogP) is 3.27. The lowest BCUT2D eigenvalue weighted by molar-refractivity contribution is -0.143. The SMILES string of the molecule is CCOC(=O)CNC(=O)CCc1ccc(Cc2c(C)nc(N)nc2OS(=O)(=O)c2c(C)cc(C)cc2C)c(OC)c1. The second-order valence-electron chi connectivity index (χ2n) is 9.62. The number of esters is 1. The number of nitrogens with two attached hydrogens (primary N) is 1. The van der Waals surface area contributed by atoms with Crippen molar-refractivity contribution in [1.29, 1.82) is 0 Å². The zero-order valence-corrected chi connectivity index (χ0v) is 25.0. The summed E-state index contributed by atoms with van der Waals surface area (Å²) in [6.45, 7) is 8.79. The highest BCUT2D eigenvalue weighted by Gasteiger charge is 2.26. The van der Waals surface area contributed by atoms with E-state index < -0.39 is 16.1 Å². The summed E-state index contributed by atoms with van der Waals surface area (Å²) in [7, 11) is -2.72. The number of nitrogen functional groups attached to an aromatic ring is 1. The van der Waals surface area contributed by atoms with Gasteiger partial charge in [0.2, 0.25) is 17.7 Å². The van der Waals surface area contributed by atoms with Crippen LogP contribution >= 0.6 is 0 Å². The van der Waals surface area contributed by atoms with E-state index in [1.165, 1.54) is 7.11 Å². The third kappa shape index (κ3) is 8.16. The molecule has 3 rings (SSSR count). The predicted molar refractivity (Wildman–Crippen MR) is 153 cm³/mol. The van der Waals surface area contributed by atoms with Gasteiger partial charge in [-0.3, -0.25) is 9.59 Å². The maximum Gasteiger partial charge on any atom is 0.341 e. The number of aromatic nitrogens is 2. The molecule has 11 nitrogen and oxygen atoms in total. The van der Waals surface area contributed by atoms with Crippen molar-refractivity contribution >= 4 is 27.9 Å². The third-order valence-corrected chi connectivity index (χ3v) is 7.85. The number of nitrogens with zero attached hydrogens (tertiary/aromatic N) is 2. The van der Waals surface area contributed by atoms with E-state index in [0.29, 0.717) is 34.6 Å². The van der Waals surface area contributed by atoms with Gasteiger partial charge in [0.15, 0.2) is 0 Å². The molecule has 1 aromatic heterocycles. The number of aryl methyl sites for hydroxylation is 5. The van der Waals surface area contributed by atoms with Crippen molar-refractivity contribution in [3.8, 4) is 11.6 Å². The normalized spacial score (nSPS) is 11.2. The fraction of sp³-hybridized carbons (Fsp3) is 0.379. The van der Waals surface area contributed by atoms with Crippen molar-refractivity contribution in [2.75, 3.05) is 26.0 Å². The number of amides is 1. The molecule has 1 heterocycles. The molecule has 0 unspecified atom stereocenters. The highest BCUT2D eigenvalue weighted by Crippen LogP contribution is 2.32. The van der Waals surface area contributed by atoms with Crippen molar-refractivity contribution in [2.24, 2.45) is 0 Å². The van der Waals surface area contributed by atoms with Crippen molar-refractivity contribution in [1.82, 2.24) is 15.3 Å². The Kier molecular flexibility index (Phi) is 10.3. The van der Waals surface area contributed by atoms with E-state index in [1.807, 2.05) is 19.1 Å². The molecular formula is C29H36N4O7S. The van der Waals surface area contributed by atoms with Gasteiger partial charge < -0.3 is 24.7 Å². The van der Waals surface area contributed by atoms with Crippen LogP contribution < -0.4 is 20.0 Å². The van der Waals surface area contributed by atoms with E-state index in [0.717, 1.165) is 16.7 Å². The molecule has 1 amide bonds. The number of carbonyl (C=O) groups is 2. The van der Waals surface area contributed by atoms with Gasteiger partial charge in [-0.1, -0.05) is 29.8 Å². The van der Waals surface area contributed by atoms with E-state index in [2.05, 4.69) is 15.3 Å². The monoisotopic (exact) mass is 584 g/mol. The van der Waals surface area contributed by atoms with Gasteiger partial charge in [-0.25, -0.2) is 4.98 Å². The number of hydrogen-bond acceptors (Lipinski definition) is 10. The van der Waals surface area contributed by atoms with Crippen LogP contribution in [0.2, 0.25) is 0 Å². The van der Waals surface area contributed by atoms with Crippen LogP contribution in [-0.4, -0.2) is 50.5 Å². The summed E-state index contributed by atoms with van der Waals surface area (Å²) in [5, 5.41) is 2.54. The molecular weight excluding hydrogens is 548 g/mol. The minimum Gasteiger partial charge on any atom is -0.496 e. The molecule has 2 aromatic carbocycles. The fourth-order valence-corrected chi connectivity index (χ4v) is 5.92. The van der Waals surface area contributed by atoms with Gasteiger partial charge in [0.1, 0.15) is 17.2 Å². The lowest BCUT2D eigenvalue weighted by Crippen LogP contribution is -2.30. The molecule has 12 heteroatoms. The van der Waals surface area contributed by atoms with Gasteiger partial charge in [-0.2, -0.15) is 13.4 Å². The van der Waals surface area contributed by atoms with Crippen LogP contribution in [0.3, 0.4) is 0 Å². The van der Waals surface area contributed by atoms with Crippen LogP contribution in [0.5, 0.6) is 11.6 Å². The molecule has 0 fully saturated rings. The Morgan fingerprint density at radius 1 is 1.02 bits per heavy atom. The summed E-state index contributed by atoms with van der Waals surface area (Å²) in [6, 6.07) is 9.03. The van der Waals surface area contributed by atoms with Crippen molar-refractivity contribution in [3.05, 3.63) is 69.4 Å². The Morgan fingerprint density at radius 3 is 2.34 bits per heavy atom. The van der Waals surface area contributed by atoms with Gasteiger partial charge in [0.05, 0.1) is 19.4 Å². The molecule has 0 spiro atoms. The molecule has 0 aliphatic heterocycles. The maximum atomic E-state index is 13.4. The smallest absolute Gasteiger partial charge is 0.341 e. The first kappa shape index (κ1) is 31.3. The van der Waals surface area contributed by atoms with Crippen molar-refractivity contribution < 1.29 is 31.7 Å². The van der Waals surface area contributed by atoms with E-state index in [4.69, 9.17) is 19.4 Å². The summed E-state index contributed by atoms with van der Waals surface area (Å²) >= 11 is 0. The fourth-order valence-electron chi connectivity index (χ4n) is 4.58. The Hall–Kier alpha value is -4.19. The van der Waals surface area contributed by atoms with E-state index in [1.54, 1.807) is 45.9 Å². The molecule has 0 saturated carbocycles. The van der Waals surface area contributed by atoms with E-state index >= 15 is 0 Å². The molecule has 41 heavy (non-hydrogen) atoms. The molecule has 0 aliphatic carbocycles. The molecule has 3 aromatic rings. The summed E-state index contributed by atoms with van der Waals surface area (Å²) in [5.41, 5.74) is 10.4. The zero-order valence-electron chi connectivity index (χ0n) is 24.2. The summed E-state index contributed by atoms with van der Waals surface area (Å²) in [4.78, 5) is 32.0. The zero-order chi connectivity index (χ0) is 30.3. The van der Waals surface area contributed by atoms with Gasteiger partial charge >= 0.3 is 16.1 Å². The Labute approximate surface area is 240 Å². The van der Waals surface area contributed by atoms with Crippen LogP contribution in [0.1, 0.15) is 52.4 Å². The topological polar surface area (TPSA) is 160 Å². The molecule has 0 aliphatic rings. The van der Waals surface area contributed by atoms with E-state index in [-0.39, 0.29) is 48.6 Å². The summed E-state index contributed by atoms with van der Waals surface area (Å²) in [6.07, 6.45) is 0.782. The Bertz CT molecular complexity index is 1530. The highest BCUT2D eigenvalue weighted by atomic mass is 32.2. The minimum atomic E-state index is -4.24. The molecule has 3 N–H and O–H groups in total. The highest BCUT2D eigenvalue weighted by molar-refractivity contribution is 7.87. The quantitative estimate of drug-likeness (QED) is 0.239. The van der Waals surface area contributed by atoms with Gasteiger partial charge in [0.25, 0.3) is 0 Å². The first-order valence-corrected chi connectivity index (χ1v) is 14.5. The number of hydrogen-bond donors (Lipinski definition) is 2. The summed E-state index contributed by atoms with van der Waals surface area (Å²) < 4.78 is 42.8. The van der Waals surface area contributed by atoms with Crippen LogP contribution in [0.15, 0.2) is 35.2 Å². The first-order chi connectivity index (χ1) is 19.3. The van der Waals surface area contributed by atoms with Crippen LogP contribution in [-0.2, 0) is 37.3 Å². The first-order valence-electron chi connectivity index (χ1n) is 13.1. The minimum absolute atomic E-state index is 0.0807. The Morgan fingerprint density at radius 2 is 1.71 bits per heavy atom. The maximum absolute atomic E-state index is 13.4. The largest absolute Gasteiger partial charge is 0.496 e. The Balaban J connectivity index is 1.84. The second kappa shape index (κ2) is 13.4. The van der Waals surface area contributed by atoms with Gasteiger partial charge in [-0.15, -0.1) is 0 Å². The molecule has 0 bridgehead atoms. The third-order valence-electron chi connectivity index (χ3n) is 6.33. The van der Waals surface area contributed by atoms with Crippen LogP contribution in [0.25, 0.3) is 0 Å². The number of carbonyl (C=O) groups excluding carboxylic acids is 2. The molecule has 0 atom stereocenters. The number of methoxy groups -OCH3 is 1. The van der Waals surface area contributed by atoms with Crippen molar-refractivity contribution in [2.45, 2.75) is 58.8 Å². The van der Waals surface area contributed by atoms with E-state index in [9.17, 15) is 18.0 Å². The second-order valence-corrected chi connectivity index (χ2v) is 11.1. The van der Waals surface area contributed by atoms with Crippen molar-refractivity contribution in [3.63, 3.8) is 0 Å². The number of anilines is 1. The number of nitrogens with one attached hydrogen (secondary N) is 1. The van der Waals surface area contributed by atoms with Gasteiger partial charge in [0, 0.05) is 18.4 Å². The number of benzene rings is 2. The summed E-state index contributed by atoms with van der Waals surface area (Å²) in [5.74, 6) is -0.507. The van der Waals surface area contributed by atoms with Crippen LogP contribution in [0, 0.1) is 27.7 Å². The lowest BCUT2D eigenvalue weighted by atomic mass is 10.00. The lowest BCUT2D eigenvalue weighted by Gasteiger charge is -2.17. The van der Waals surface area contributed by atoms with Crippen LogP contribution in [0.4, 0.5) is 5.95 Å². The average Bonchev–Trinajstić information content (AvgIpc) is 2.87. The molecule has 0 saturated heterocycles. The molecule has 220 valence electrons. The average molecular weight is 585 g/mol. The standard InChI is InChI=1S/C29H36N4O7S/c1-7-39-26(35)16-31-25(34)11-9-21-8-10-22(24(14-21)38-6)15-23-20(5)32-29(30)33-28(23)40-41(36,37)27-18(3)12-17(2)13-19(27)4/h8,10,12-14H,7,9,11,15-16H2,1-6H3,(H,31,34)(H2,30,32,33). The number of ether oxygens (including phenoxy) is 2.